The highest BCUT2D eigenvalue weighted by atomic mass is 127. The van der Waals surface area contributed by atoms with E-state index in [4.69, 9.17) is 0 Å². The van der Waals surface area contributed by atoms with Gasteiger partial charge in [0.15, 0.2) is 0 Å². The van der Waals surface area contributed by atoms with E-state index in [1.807, 2.05) is 0 Å². The Balaban J connectivity index is 1.90. The number of hydrogen-bond donors (Lipinski definition) is 0. The smallest absolute Gasteiger partial charge is 0.0622 e. The molecule has 0 saturated heterocycles. The fraction of sp³-hybridized carbons (Fsp3) is 0.0323. The van der Waals surface area contributed by atoms with E-state index in [0.717, 1.165) is 0 Å². The minimum absolute atomic E-state index is 0.426. The third kappa shape index (κ3) is 3.57. The first-order chi connectivity index (χ1) is 15.8. The molecule has 0 unspecified atom stereocenters. The summed E-state index contributed by atoms with van der Waals surface area (Å²) in [5, 5.41) is 0. The maximum absolute atomic E-state index is 2.55. The quantitative estimate of drug-likeness (QED) is 0.161. The average molecular weight is 522 g/mol. The Bertz CT molecular complexity index is 1200. The van der Waals surface area contributed by atoms with Crippen molar-refractivity contribution in [2.45, 2.75) is 5.41 Å². The van der Waals surface area contributed by atoms with Crippen LogP contribution in [0.5, 0.6) is 0 Å². The van der Waals surface area contributed by atoms with Crippen molar-refractivity contribution in [2.75, 3.05) is 0 Å². The van der Waals surface area contributed by atoms with Gasteiger partial charge in [0.25, 0.3) is 0 Å². The largest absolute Gasteiger partial charge is 0.0712 e. The van der Waals surface area contributed by atoms with Crippen molar-refractivity contribution >= 4 is 22.6 Å². The Morgan fingerprint density at radius 3 is 1.25 bits per heavy atom. The van der Waals surface area contributed by atoms with Gasteiger partial charge >= 0.3 is 0 Å². The van der Waals surface area contributed by atoms with Crippen LogP contribution in [0.4, 0.5) is 0 Å². The molecule has 0 aliphatic heterocycles. The van der Waals surface area contributed by atoms with E-state index in [0.29, 0.717) is 0 Å². The lowest BCUT2D eigenvalue weighted by Crippen LogP contribution is -2.32. The topological polar surface area (TPSA) is 0 Å². The van der Waals surface area contributed by atoms with Gasteiger partial charge in [0.2, 0.25) is 0 Å². The lowest BCUT2D eigenvalue weighted by atomic mass is 9.65. The van der Waals surface area contributed by atoms with Crippen LogP contribution >= 0.6 is 22.6 Å². The van der Waals surface area contributed by atoms with Crippen LogP contribution in [0.3, 0.4) is 0 Å². The predicted octanol–water partition coefficient (Wildman–Crippen LogP) is 8.34. The van der Waals surface area contributed by atoms with Crippen molar-refractivity contribution in [1.29, 1.82) is 0 Å². The normalized spacial score (nSPS) is 11.3. The molecule has 0 saturated carbocycles. The van der Waals surface area contributed by atoms with E-state index in [-0.39, 0.29) is 0 Å². The second kappa shape index (κ2) is 9.13. The van der Waals surface area contributed by atoms with Gasteiger partial charge in [0.05, 0.1) is 5.41 Å². The summed E-state index contributed by atoms with van der Waals surface area (Å²) in [5.41, 5.74) is 7.16. The molecule has 0 heterocycles. The van der Waals surface area contributed by atoms with Crippen LogP contribution in [-0.2, 0) is 5.41 Å². The van der Waals surface area contributed by atoms with Crippen molar-refractivity contribution in [3.8, 4) is 11.1 Å². The summed E-state index contributed by atoms with van der Waals surface area (Å²) in [7, 11) is 0. The summed E-state index contributed by atoms with van der Waals surface area (Å²) in [4.78, 5) is 0. The lowest BCUT2D eigenvalue weighted by molar-refractivity contribution is 0.741. The zero-order valence-corrected chi connectivity index (χ0v) is 19.8. The zero-order valence-electron chi connectivity index (χ0n) is 17.7. The van der Waals surface area contributed by atoms with Crippen molar-refractivity contribution in [3.63, 3.8) is 0 Å². The number of halogens is 1. The molecule has 0 atom stereocenters. The first-order valence-corrected chi connectivity index (χ1v) is 11.9. The van der Waals surface area contributed by atoms with E-state index in [2.05, 4.69) is 162 Å². The minimum Gasteiger partial charge on any atom is -0.0622 e. The first kappa shape index (κ1) is 20.7. The maximum Gasteiger partial charge on any atom is 0.0712 e. The summed E-state index contributed by atoms with van der Waals surface area (Å²) in [6.45, 7) is 0. The minimum atomic E-state index is -0.426. The Morgan fingerprint density at radius 1 is 0.406 bits per heavy atom. The fourth-order valence-corrected chi connectivity index (χ4v) is 5.77. The molecule has 32 heavy (non-hydrogen) atoms. The Hall–Kier alpha value is -3.17. The highest BCUT2D eigenvalue weighted by Gasteiger charge is 2.39. The monoisotopic (exact) mass is 522 g/mol. The molecule has 0 radical (unpaired) electrons. The van der Waals surface area contributed by atoms with Crippen molar-refractivity contribution in [1.82, 2.24) is 0 Å². The number of hydrogen-bond acceptors (Lipinski definition) is 0. The number of rotatable bonds is 5. The zero-order chi connectivity index (χ0) is 21.8. The standard InChI is InChI=1S/C31H23I/c32-30-28(24-14-5-1-6-15-24)22-13-23-29(30)31(25-16-7-2-8-17-25,26-18-9-3-10-19-26)27-20-11-4-12-21-27/h1-23H. The molecule has 0 aromatic heterocycles. The van der Waals surface area contributed by atoms with Gasteiger partial charge in [-0.25, -0.2) is 0 Å². The molecule has 1 heteroatoms. The van der Waals surface area contributed by atoms with E-state index in [1.54, 1.807) is 0 Å². The summed E-state index contributed by atoms with van der Waals surface area (Å²) in [6, 6.07) is 50.1. The maximum atomic E-state index is 2.55. The van der Waals surface area contributed by atoms with E-state index < -0.39 is 5.41 Å². The number of benzene rings is 5. The summed E-state index contributed by atoms with van der Waals surface area (Å²) in [5.74, 6) is 0. The van der Waals surface area contributed by atoms with Crippen LogP contribution < -0.4 is 0 Å². The van der Waals surface area contributed by atoms with Crippen LogP contribution in [0.25, 0.3) is 11.1 Å². The third-order valence-electron chi connectivity index (χ3n) is 6.11. The molecule has 0 aliphatic carbocycles. The second-order valence-corrected chi connectivity index (χ2v) is 8.96. The van der Waals surface area contributed by atoms with Gasteiger partial charge in [-0.15, -0.1) is 0 Å². The molecule has 0 nitrogen and oxygen atoms in total. The van der Waals surface area contributed by atoms with Crippen molar-refractivity contribution < 1.29 is 0 Å². The van der Waals surface area contributed by atoms with Gasteiger partial charge in [-0.05, 0) is 56.0 Å². The molecule has 0 amide bonds. The van der Waals surface area contributed by atoms with Gasteiger partial charge in [-0.2, -0.15) is 0 Å². The van der Waals surface area contributed by atoms with Gasteiger partial charge in [0.1, 0.15) is 0 Å². The van der Waals surface area contributed by atoms with Crippen LogP contribution in [-0.4, -0.2) is 0 Å². The molecule has 0 N–H and O–H groups in total. The van der Waals surface area contributed by atoms with Crippen LogP contribution in [0.1, 0.15) is 22.3 Å². The van der Waals surface area contributed by atoms with Crippen LogP contribution in [0.15, 0.2) is 140 Å². The second-order valence-electron chi connectivity index (χ2n) is 7.88. The third-order valence-corrected chi connectivity index (χ3v) is 7.27. The summed E-state index contributed by atoms with van der Waals surface area (Å²) >= 11 is 2.55. The van der Waals surface area contributed by atoms with E-state index in [1.165, 1.54) is 37.0 Å². The first-order valence-electron chi connectivity index (χ1n) is 10.8. The average Bonchev–Trinajstić information content (AvgIpc) is 2.88. The van der Waals surface area contributed by atoms with Gasteiger partial charge in [0, 0.05) is 3.57 Å². The van der Waals surface area contributed by atoms with E-state index in [9.17, 15) is 0 Å². The highest BCUT2D eigenvalue weighted by molar-refractivity contribution is 14.1. The van der Waals surface area contributed by atoms with Gasteiger partial charge in [-0.1, -0.05) is 140 Å². The Morgan fingerprint density at radius 2 is 0.812 bits per heavy atom. The highest BCUT2D eigenvalue weighted by Crippen LogP contribution is 2.47. The van der Waals surface area contributed by atoms with Crippen molar-refractivity contribution in [3.05, 3.63) is 165 Å². The molecule has 0 spiro atoms. The molecule has 154 valence electrons. The van der Waals surface area contributed by atoms with Crippen LogP contribution in [0, 0.1) is 3.57 Å². The molecule has 0 fully saturated rings. The molecule has 5 rings (SSSR count). The van der Waals surface area contributed by atoms with Gasteiger partial charge in [-0.3, -0.25) is 0 Å². The lowest BCUT2D eigenvalue weighted by Gasteiger charge is -2.38. The van der Waals surface area contributed by atoms with Crippen molar-refractivity contribution in [2.24, 2.45) is 0 Å². The van der Waals surface area contributed by atoms with E-state index >= 15 is 0 Å². The summed E-state index contributed by atoms with van der Waals surface area (Å²) < 4.78 is 1.27. The molecule has 0 aliphatic rings. The SMILES string of the molecule is Ic1c(-c2ccccc2)cccc1C(c1ccccc1)(c1ccccc1)c1ccccc1. The Kier molecular flexibility index (Phi) is 5.91. The molecule has 0 bridgehead atoms. The fourth-order valence-electron chi connectivity index (χ4n) is 4.69. The van der Waals surface area contributed by atoms with Gasteiger partial charge < -0.3 is 0 Å². The predicted molar refractivity (Wildman–Crippen MR) is 143 cm³/mol. The Labute approximate surface area is 203 Å². The summed E-state index contributed by atoms with van der Waals surface area (Å²) in [6.07, 6.45) is 0. The van der Waals surface area contributed by atoms with Crippen LogP contribution in [0.2, 0.25) is 0 Å². The molecule has 5 aromatic carbocycles. The molecule has 5 aromatic rings. The molecular weight excluding hydrogens is 499 g/mol. The molecular formula is C31H23I.